The molecule has 0 N–H and O–H groups in total. The van der Waals surface area contributed by atoms with Gasteiger partial charge in [0.15, 0.2) is 12.1 Å². The van der Waals surface area contributed by atoms with Crippen molar-refractivity contribution in [1.82, 2.24) is 0 Å². The topological polar surface area (TPSA) is 57.9 Å². The van der Waals surface area contributed by atoms with E-state index in [0.717, 1.165) is 12.1 Å². The highest BCUT2D eigenvalue weighted by molar-refractivity contribution is 6.30. The van der Waals surface area contributed by atoms with Gasteiger partial charge in [-0.2, -0.15) is 18.4 Å². The van der Waals surface area contributed by atoms with Gasteiger partial charge in [-0.3, -0.25) is 9.59 Å². The van der Waals surface area contributed by atoms with E-state index in [1.54, 1.807) is 0 Å². The first-order valence-corrected chi connectivity index (χ1v) is 5.09. The Hall–Kier alpha value is -1.87. The highest BCUT2D eigenvalue weighted by atomic mass is 35.5. The van der Waals surface area contributed by atoms with Crippen LogP contribution in [0.1, 0.15) is 31.8 Å². The molecular weight excluding hydrogens is 271 g/mol. The number of hydrogen-bond donors (Lipinski definition) is 0. The fourth-order valence-corrected chi connectivity index (χ4v) is 1.59. The zero-order chi connectivity index (χ0) is 13.9. The van der Waals surface area contributed by atoms with Crippen molar-refractivity contribution in [3.8, 4) is 6.07 Å². The predicted molar refractivity (Wildman–Crippen MR) is 56.6 cm³/mol. The van der Waals surface area contributed by atoms with Gasteiger partial charge >= 0.3 is 6.18 Å². The summed E-state index contributed by atoms with van der Waals surface area (Å²) < 4.78 is 38.3. The second-order valence-electron chi connectivity index (χ2n) is 3.24. The fourth-order valence-electron chi connectivity index (χ4n) is 1.44. The van der Waals surface area contributed by atoms with Gasteiger partial charge in [-0.05, 0) is 6.07 Å². The average molecular weight is 276 g/mol. The van der Waals surface area contributed by atoms with Gasteiger partial charge < -0.3 is 0 Å². The molecule has 3 nitrogen and oxygen atoms in total. The molecule has 0 fully saturated rings. The lowest BCUT2D eigenvalue weighted by molar-refractivity contribution is -0.138. The second-order valence-corrected chi connectivity index (χ2v) is 3.50. The molecule has 0 heterocycles. The molecule has 18 heavy (non-hydrogen) atoms. The van der Waals surface area contributed by atoms with E-state index in [1.165, 1.54) is 6.07 Å². The van der Waals surface area contributed by atoms with Crippen LogP contribution in [0.4, 0.5) is 13.2 Å². The minimum absolute atomic E-state index is 0.0153. The number of nitriles is 1. The summed E-state index contributed by atoms with van der Waals surface area (Å²) >= 11 is 5.25. The van der Waals surface area contributed by atoms with Gasteiger partial charge in [0.25, 0.3) is 0 Å². The third kappa shape index (κ3) is 2.51. The SMILES string of the molecule is N#Cc1c(C(=O)CCl)ccc(C=O)c1C(F)(F)F. The maximum Gasteiger partial charge on any atom is 0.418 e. The first-order valence-electron chi connectivity index (χ1n) is 4.55. The molecule has 0 bridgehead atoms. The Balaban J connectivity index is 3.70. The molecule has 0 saturated heterocycles. The van der Waals surface area contributed by atoms with Crippen LogP contribution in [0.15, 0.2) is 12.1 Å². The molecule has 7 heteroatoms. The van der Waals surface area contributed by atoms with Gasteiger partial charge in [0.1, 0.15) is 6.07 Å². The van der Waals surface area contributed by atoms with E-state index in [4.69, 9.17) is 16.9 Å². The zero-order valence-electron chi connectivity index (χ0n) is 8.71. The van der Waals surface area contributed by atoms with E-state index < -0.39 is 40.1 Å². The summed E-state index contributed by atoms with van der Waals surface area (Å²) in [7, 11) is 0. The van der Waals surface area contributed by atoms with Crippen molar-refractivity contribution in [3.05, 3.63) is 34.4 Å². The van der Waals surface area contributed by atoms with Crippen molar-refractivity contribution >= 4 is 23.7 Å². The van der Waals surface area contributed by atoms with E-state index in [1.807, 2.05) is 0 Å². The summed E-state index contributed by atoms with van der Waals surface area (Å²) in [6.07, 6.45) is -4.91. The van der Waals surface area contributed by atoms with Crippen LogP contribution < -0.4 is 0 Å². The first-order chi connectivity index (χ1) is 8.36. The number of rotatable bonds is 3. The van der Waals surface area contributed by atoms with Crippen LogP contribution in [0.25, 0.3) is 0 Å². The molecule has 0 amide bonds. The van der Waals surface area contributed by atoms with Gasteiger partial charge in [-0.1, -0.05) is 6.07 Å². The van der Waals surface area contributed by atoms with Crippen molar-refractivity contribution in [3.63, 3.8) is 0 Å². The Labute approximate surface area is 105 Å². The van der Waals surface area contributed by atoms with E-state index in [-0.39, 0.29) is 6.29 Å². The lowest BCUT2D eigenvalue weighted by Gasteiger charge is -2.13. The maximum absolute atomic E-state index is 12.8. The monoisotopic (exact) mass is 275 g/mol. The standard InChI is InChI=1S/C11H5ClF3NO2/c12-3-9(18)7-2-1-6(5-17)10(8(7)4-16)11(13,14)15/h1-2,5H,3H2. The molecule has 0 aliphatic rings. The van der Waals surface area contributed by atoms with Crippen LogP contribution in [0.2, 0.25) is 0 Å². The zero-order valence-corrected chi connectivity index (χ0v) is 9.47. The molecule has 94 valence electrons. The van der Waals surface area contributed by atoms with Gasteiger partial charge in [0.2, 0.25) is 0 Å². The third-order valence-electron chi connectivity index (χ3n) is 2.18. The van der Waals surface area contributed by atoms with Crippen molar-refractivity contribution < 1.29 is 22.8 Å². The van der Waals surface area contributed by atoms with Crippen LogP contribution in [0, 0.1) is 11.3 Å². The summed E-state index contributed by atoms with van der Waals surface area (Å²) in [4.78, 5) is 21.9. The molecule has 0 unspecified atom stereocenters. The number of halogens is 4. The maximum atomic E-state index is 12.8. The summed E-state index contributed by atoms with van der Waals surface area (Å²) in [5.74, 6) is -1.36. The molecular formula is C11H5ClF3NO2. The van der Waals surface area contributed by atoms with E-state index in [0.29, 0.717) is 0 Å². The number of hydrogen-bond acceptors (Lipinski definition) is 3. The summed E-state index contributed by atoms with van der Waals surface area (Å²) in [5, 5.41) is 8.77. The quantitative estimate of drug-likeness (QED) is 0.484. The molecule has 1 aromatic rings. The van der Waals surface area contributed by atoms with Crippen LogP contribution in [-0.4, -0.2) is 17.9 Å². The van der Waals surface area contributed by atoms with Crippen LogP contribution in [0.3, 0.4) is 0 Å². The normalized spacial score (nSPS) is 10.8. The molecule has 0 aliphatic heterocycles. The highest BCUT2D eigenvalue weighted by Gasteiger charge is 2.38. The number of Topliss-reactive ketones (excluding diaryl/α,β-unsaturated/α-hetero) is 1. The lowest BCUT2D eigenvalue weighted by Crippen LogP contribution is -2.16. The van der Waals surface area contributed by atoms with Gasteiger partial charge in [-0.15, -0.1) is 11.6 Å². The van der Waals surface area contributed by atoms with E-state index in [2.05, 4.69) is 0 Å². The van der Waals surface area contributed by atoms with E-state index in [9.17, 15) is 22.8 Å². The molecule has 0 radical (unpaired) electrons. The second kappa shape index (κ2) is 5.19. The number of carbonyl (C=O) groups is 2. The predicted octanol–water partition coefficient (Wildman–Crippen LogP) is 2.81. The van der Waals surface area contributed by atoms with Gasteiger partial charge in [0, 0.05) is 11.1 Å². The molecule has 0 aliphatic carbocycles. The minimum Gasteiger partial charge on any atom is -0.298 e. The third-order valence-corrected chi connectivity index (χ3v) is 2.42. The molecule has 0 aromatic heterocycles. The summed E-state index contributed by atoms with van der Waals surface area (Å²) in [6.45, 7) is 0. The Morgan fingerprint density at radius 2 is 2.06 bits per heavy atom. The minimum atomic E-state index is -4.90. The van der Waals surface area contributed by atoms with Gasteiger partial charge in [-0.25, -0.2) is 0 Å². The number of aldehydes is 1. The fraction of sp³-hybridized carbons (Fsp3) is 0.182. The number of benzene rings is 1. The van der Waals surface area contributed by atoms with Crippen molar-refractivity contribution in [2.75, 3.05) is 5.88 Å². The number of carbonyl (C=O) groups excluding carboxylic acids is 2. The molecule has 0 saturated carbocycles. The summed E-state index contributed by atoms with van der Waals surface area (Å²) in [5.41, 5.74) is -3.41. The van der Waals surface area contributed by atoms with E-state index >= 15 is 0 Å². The molecule has 0 spiro atoms. The Bertz CT molecular complexity index is 546. The molecule has 1 aromatic carbocycles. The average Bonchev–Trinajstić information content (AvgIpc) is 2.34. The number of nitrogens with zero attached hydrogens (tertiary/aromatic N) is 1. The highest BCUT2D eigenvalue weighted by Crippen LogP contribution is 2.35. The number of ketones is 1. The Morgan fingerprint density at radius 3 is 2.44 bits per heavy atom. The number of alkyl halides is 4. The van der Waals surface area contributed by atoms with Crippen molar-refractivity contribution in [2.45, 2.75) is 6.18 Å². The smallest absolute Gasteiger partial charge is 0.298 e. The largest absolute Gasteiger partial charge is 0.418 e. The summed E-state index contributed by atoms with van der Waals surface area (Å²) in [6, 6.07) is 3.13. The van der Waals surface area contributed by atoms with Crippen molar-refractivity contribution in [1.29, 1.82) is 5.26 Å². The van der Waals surface area contributed by atoms with Crippen LogP contribution in [0.5, 0.6) is 0 Å². The van der Waals surface area contributed by atoms with Crippen LogP contribution in [-0.2, 0) is 6.18 Å². The molecule has 0 atom stereocenters. The van der Waals surface area contributed by atoms with Crippen LogP contribution >= 0.6 is 11.6 Å². The van der Waals surface area contributed by atoms with Gasteiger partial charge in [0.05, 0.1) is 17.0 Å². The Kier molecular flexibility index (Phi) is 4.09. The molecule has 1 rings (SSSR count). The Morgan fingerprint density at radius 1 is 1.44 bits per heavy atom. The lowest BCUT2D eigenvalue weighted by atomic mass is 9.95. The van der Waals surface area contributed by atoms with Crippen molar-refractivity contribution in [2.24, 2.45) is 0 Å². The first kappa shape index (κ1) is 14.2.